The molecule has 0 aliphatic rings. The summed E-state index contributed by atoms with van der Waals surface area (Å²) in [7, 11) is 0. The number of hydrogen-bond acceptors (Lipinski definition) is 3. The number of nitrogens with zero attached hydrogens (tertiary/aromatic N) is 1. The molecular weight excluding hydrogens is 333 g/mol. The summed E-state index contributed by atoms with van der Waals surface area (Å²) in [6.45, 7) is 3.85. The first-order valence-corrected chi connectivity index (χ1v) is 6.67. The van der Waals surface area contributed by atoms with Crippen LogP contribution in [0.2, 0.25) is 0 Å². The molecule has 0 saturated carbocycles. The Morgan fingerprint density at radius 2 is 2.24 bits per heavy atom. The van der Waals surface area contributed by atoms with Gasteiger partial charge >= 0.3 is 5.76 Å². The molecule has 17 heavy (non-hydrogen) atoms. The van der Waals surface area contributed by atoms with Crippen LogP contribution in [-0.2, 0) is 11.3 Å². The first-order valence-electron chi connectivity index (χ1n) is 5.59. The Morgan fingerprint density at radius 3 is 3.00 bits per heavy atom. The maximum absolute atomic E-state index is 11.7. The molecule has 0 fully saturated rings. The van der Waals surface area contributed by atoms with E-state index in [0.29, 0.717) is 18.7 Å². The van der Waals surface area contributed by atoms with E-state index in [1.165, 1.54) is 0 Å². The van der Waals surface area contributed by atoms with E-state index in [1.807, 2.05) is 18.2 Å². The van der Waals surface area contributed by atoms with Gasteiger partial charge < -0.3 is 9.15 Å². The average Bonchev–Trinajstić information content (AvgIpc) is 2.61. The third kappa shape index (κ3) is 2.90. The molecule has 0 atom stereocenters. The molecule has 0 spiro atoms. The highest BCUT2D eigenvalue weighted by atomic mass is 127. The van der Waals surface area contributed by atoms with Crippen LogP contribution in [0.4, 0.5) is 0 Å². The molecule has 1 aromatic carbocycles. The highest BCUT2D eigenvalue weighted by Gasteiger charge is 2.08. The van der Waals surface area contributed by atoms with Crippen LogP contribution in [-0.4, -0.2) is 17.8 Å². The normalized spacial score (nSPS) is 11.2. The van der Waals surface area contributed by atoms with E-state index in [0.717, 1.165) is 22.1 Å². The number of halogens is 1. The van der Waals surface area contributed by atoms with Gasteiger partial charge in [-0.15, -0.1) is 0 Å². The Bertz CT molecular complexity index is 558. The van der Waals surface area contributed by atoms with E-state index in [4.69, 9.17) is 9.15 Å². The molecule has 0 radical (unpaired) electrons. The second-order valence-corrected chi connectivity index (χ2v) is 4.99. The fourth-order valence-corrected chi connectivity index (χ4v) is 2.12. The lowest BCUT2D eigenvalue weighted by Crippen LogP contribution is -2.17. The topological polar surface area (TPSA) is 44.4 Å². The Morgan fingerprint density at radius 1 is 1.41 bits per heavy atom. The molecule has 4 nitrogen and oxygen atoms in total. The van der Waals surface area contributed by atoms with E-state index in [2.05, 4.69) is 29.5 Å². The summed E-state index contributed by atoms with van der Waals surface area (Å²) in [6.07, 6.45) is 0.985. The number of ether oxygens (including phenoxy) is 1. The maximum Gasteiger partial charge on any atom is 0.420 e. The second kappa shape index (κ2) is 5.68. The van der Waals surface area contributed by atoms with Crippen molar-refractivity contribution >= 4 is 33.7 Å². The van der Waals surface area contributed by atoms with Crippen LogP contribution in [0.5, 0.6) is 0 Å². The third-order valence-electron chi connectivity index (χ3n) is 2.44. The first kappa shape index (κ1) is 12.6. The Hall–Kier alpha value is -0.820. The zero-order chi connectivity index (χ0) is 12.3. The minimum Gasteiger partial charge on any atom is -0.408 e. The van der Waals surface area contributed by atoms with Crippen molar-refractivity contribution in [1.82, 2.24) is 4.57 Å². The summed E-state index contributed by atoms with van der Waals surface area (Å²) < 4.78 is 13.2. The molecule has 0 bridgehead atoms. The van der Waals surface area contributed by atoms with E-state index in [9.17, 15) is 4.79 Å². The van der Waals surface area contributed by atoms with Gasteiger partial charge in [-0.3, -0.25) is 4.57 Å². The molecule has 0 aliphatic heterocycles. The Kier molecular flexibility index (Phi) is 4.22. The van der Waals surface area contributed by atoms with Crippen molar-refractivity contribution in [3.05, 3.63) is 32.3 Å². The lowest BCUT2D eigenvalue weighted by molar-refractivity contribution is 0.126. The van der Waals surface area contributed by atoms with Crippen molar-refractivity contribution in [3.63, 3.8) is 0 Å². The largest absolute Gasteiger partial charge is 0.420 e. The van der Waals surface area contributed by atoms with Crippen LogP contribution in [0.15, 0.2) is 27.4 Å². The lowest BCUT2D eigenvalue weighted by atomic mass is 10.3. The number of rotatable bonds is 5. The van der Waals surface area contributed by atoms with Gasteiger partial charge in [-0.2, -0.15) is 0 Å². The molecule has 0 amide bonds. The van der Waals surface area contributed by atoms with Crippen LogP contribution in [0.1, 0.15) is 13.3 Å². The fraction of sp³-hybridized carbons (Fsp3) is 0.417. The van der Waals surface area contributed by atoms with Gasteiger partial charge in [0.05, 0.1) is 18.7 Å². The third-order valence-corrected chi connectivity index (χ3v) is 3.11. The SMILES string of the molecule is CCCOCCn1c(=O)oc2ccc(I)cc21. The van der Waals surface area contributed by atoms with Crippen LogP contribution in [0.25, 0.3) is 11.1 Å². The van der Waals surface area contributed by atoms with Crippen molar-refractivity contribution in [2.45, 2.75) is 19.9 Å². The summed E-state index contributed by atoms with van der Waals surface area (Å²) in [6, 6.07) is 5.69. The predicted molar refractivity (Wildman–Crippen MR) is 74.3 cm³/mol. The van der Waals surface area contributed by atoms with Gasteiger partial charge in [-0.25, -0.2) is 4.79 Å². The first-order chi connectivity index (χ1) is 8.22. The van der Waals surface area contributed by atoms with E-state index >= 15 is 0 Å². The highest BCUT2D eigenvalue weighted by Crippen LogP contribution is 2.16. The predicted octanol–water partition coefficient (Wildman–Crippen LogP) is 2.63. The van der Waals surface area contributed by atoms with Gasteiger partial charge in [0.2, 0.25) is 0 Å². The smallest absolute Gasteiger partial charge is 0.408 e. The van der Waals surface area contributed by atoms with Gasteiger partial charge in [0.15, 0.2) is 5.58 Å². The molecule has 1 heterocycles. The van der Waals surface area contributed by atoms with Gasteiger partial charge in [0.25, 0.3) is 0 Å². The minimum absolute atomic E-state index is 0.318. The second-order valence-electron chi connectivity index (χ2n) is 3.74. The molecule has 0 aliphatic carbocycles. The number of fused-ring (bicyclic) bond motifs is 1. The van der Waals surface area contributed by atoms with Gasteiger partial charge in [-0.05, 0) is 47.2 Å². The van der Waals surface area contributed by atoms with Crippen molar-refractivity contribution < 1.29 is 9.15 Å². The zero-order valence-corrected chi connectivity index (χ0v) is 11.8. The Balaban J connectivity index is 2.23. The zero-order valence-electron chi connectivity index (χ0n) is 9.61. The van der Waals surface area contributed by atoms with Crippen LogP contribution in [0, 0.1) is 3.57 Å². The summed E-state index contributed by atoms with van der Waals surface area (Å²) >= 11 is 2.22. The molecule has 0 N–H and O–H groups in total. The van der Waals surface area contributed by atoms with Crippen molar-refractivity contribution in [1.29, 1.82) is 0 Å². The molecular formula is C12H14INO3. The molecule has 0 unspecified atom stereocenters. The standard InChI is InChI=1S/C12H14INO3/c1-2-6-16-7-5-14-10-8-9(13)3-4-11(10)17-12(14)15/h3-4,8H,2,5-7H2,1H3. The van der Waals surface area contributed by atoms with E-state index < -0.39 is 0 Å². The Labute approximate surface area is 113 Å². The molecule has 0 saturated heterocycles. The molecule has 5 heteroatoms. The summed E-state index contributed by atoms with van der Waals surface area (Å²) in [5.74, 6) is -0.318. The summed E-state index contributed by atoms with van der Waals surface area (Å²) in [4.78, 5) is 11.7. The van der Waals surface area contributed by atoms with E-state index in [-0.39, 0.29) is 5.76 Å². The van der Waals surface area contributed by atoms with Crippen LogP contribution in [0.3, 0.4) is 0 Å². The molecule has 2 aromatic rings. The van der Waals surface area contributed by atoms with Crippen LogP contribution >= 0.6 is 22.6 Å². The van der Waals surface area contributed by atoms with Crippen molar-refractivity contribution in [2.24, 2.45) is 0 Å². The lowest BCUT2D eigenvalue weighted by Gasteiger charge is -2.03. The van der Waals surface area contributed by atoms with Gasteiger partial charge in [0.1, 0.15) is 0 Å². The molecule has 1 aromatic heterocycles. The van der Waals surface area contributed by atoms with Crippen LogP contribution < -0.4 is 5.76 Å². The number of aromatic nitrogens is 1. The fourth-order valence-electron chi connectivity index (χ4n) is 1.65. The van der Waals surface area contributed by atoms with Gasteiger partial charge in [-0.1, -0.05) is 6.92 Å². The maximum atomic E-state index is 11.7. The summed E-state index contributed by atoms with van der Waals surface area (Å²) in [5.41, 5.74) is 1.47. The molecule has 92 valence electrons. The minimum atomic E-state index is -0.318. The highest BCUT2D eigenvalue weighted by molar-refractivity contribution is 14.1. The van der Waals surface area contributed by atoms with Crippen molar-refractivity contribution in [3.8, 4) is 0 Å². The summed E-state index contributed by atoms with van der Waals surface area (Å²) in [5, 5.41) is 0. The van der Waals surface area contributed by atoms with Crippen molar-refractivity contribution in [2.75, 3.05) is 13.2 Å². The quantitative estimate of drug-likeness (QED) is 0.617. The van der Waals surface area contributed by atoms with Gasteiger partial charge in [0, 0.05) is 10.2 Å². The van der Waals surface area contributed by atoms with E-state index in [1.54, 1.807) is 4.57 Å². The number of hydrogen-bond donors (Lipinski definition) is 0. The number of oxazole rings is 1. The monoisotopic (exact) mass is 347 g/mol. The number of benzene rings is 1. The average molecular weight is 347 g/mol. The molecule has 2 rings (SSSR count).